The quantitative estimate of drug-likeness (QED) is 0.678. The summed E-state index contributed by atoms with van der Waals surface area (Å²) in [6, 6.07) is 11.4. The number of nitro groups is 1. The zero-order valence-corrected chi connectivity index (χ0v) is 10.8. The molecule has 0 bridgehead atoms. The lowest BCUT2D eigenvalue weighted by Crippen LogP contribution is -1.97. The van der Waals surface area contributed by atoms with Crippen LogP contribution in [0.3, 0.4) is 0 Å². The third kappa shape index (κ3) is 3.14. The number of hydrogen-bond donors (Lipinski definition) is 1. The van der Waals surface area contributed by atoms with Gasteiger partial charge in [0.2, 0.25) is 0 Å². The highest BCUT2D eigenvalue weighted by Gasteiger charge is 2.13. The summed E-state index contributed by atoms with van der Waals surface area (Å²) < 4.78 is 5.04. The number of hydrogen-bond acceptors (Lipinski definition) is 4. The van der Waals surface area contributed by atoms with Gasteiger partial charge in [-0.1, -0.05) is 11.6 Å². The molecule has 5 nitrogen and oxygen atoms in total. The van der Waals surface area contributed by atoms with Gasteiger partial charge in [-0.05, 0) is 36.4 Å². The second-order valence-electron chi connectivity index (χ2n) is 3.77. The van der Waals surface area contributed by atoms with E-state index < -0.39 is 4.92 Å². The molecule has 0 aliphatic rings. The van der Waals surface area contributed by atoms with Crippen molar-refractivity contribution in [3.05, 3.63) is 57.6 Å². The fourth-order valence-electron chi connectivity index (χ4n) is 1.60. The van der Waals surface area contributed by atoms with Gasteiger partial charge in [-0.15, -0.1) is 0 Å². The van der Waals surface area contributed by atoms with Gasteiger partial charge in [0.1, 0.15) is 11.4 Å². The molecule has 6 heteroatoms. The van der Waals surface area contributed by atoms with Crippen molar-refractivity contribution in [2.45, 2.75) is 0 Å². The minimum absolute atomic E-state index is 0.0276. The van der Waals surface area contributed by atoms with E-state index in [0.717, 1.165) is 0 Å². The number of halogens is 1. The average molecular weight is 279 g/mol. The summed E-state index contributed by atoms with van der Waals surface area (Å²) in [5.74, 6) is 0.714. The highest BCUT2D eigenvalue weighted by Crippen LogP contribution is 2.30. The van der Waals surface area contributed by atoms with Crippen LogP contribution in [0, 0.1) is 10.1 Å². The SMILES string of the molecule is COc1ccc(Nc2cc(Cl)ccc2[N+](=O)[O-])cc1. The molecule has 98 valence electrons. The molecular formula is C13H11ClN2O3. The fourth-order valence-corrected chi connectivity index (χ4v) is 1.77. The van der Waals surface area contributed by atoms with Gasteiger partial charge in [0, 0.05) is 16.8 Å². The Morgan fingerprint density at radius 2 is 1.89 bits per heavy atom. The number of ether oxygens (including phenoxy) is 1. The van der Waals surface area contributed by atoms with Crippen LogP contribution in [0.15, 0.2) is 42.5 Å². The lowest BCUT2D eigenvalue weighted by molar-refractivity contribution is -0.383. The van der Waals surface area contributed by atoms with E-state index in [1.165, 1.54) is 18.2 Å². The molecule has 0 atom stereocenters. The first kappa shape index (κ1) is 13.2. The van der Waals surface area contributed by atoms with Crippen molar-refractivity contribution < 1.29 is 9.66 Å². The molecular weight excluding hydrogens is 268 g/mol. The summed E-state index contributed by atoms with van der Waals surface area (Å²) in [6.07, 6.45) is 0. The molecule has 0 aliphatic carbocycles. The molecule has 0 fully saturated rings. The van der Waals surface area contributed by atoms with Crippen LogP contribution in [0.5, 0.6) is 5.75 Å². The van der Waals surface area contributed by atoms with Gasteiger partial charge >= 0.3 is 0 Å². The lowest BCUT2D eigenvalue weighted by atomic mass is 10.2. The molecule has 0 saturated carbocycles. The highest BCUT2D eigenvalue weighted by molar-refractivity contribution is 6.31. The van der Waals surface area contributed by atoms with Crippen molar-refractivity contribution in [2.75, 3.05) is 12.4 Å². The van der Waals surface area contributed by atoms with Gasteiger partial charge in [-0.25, -0.2) is 0 Å². The topological polar surface area (TPSA) is 64.4 Å². The Balaban J connectivity index is 2.31. The van der Waals surface area contributed by atoms with E-state index >= 15 is 0 Å². The first-order chi connectivity index (χ1) is 9.10. The number of nitro benzene ring substituents is 1. The average Bonchev–Trinajstić information content (AvgIpc) is 2.39. The van der Waals surface area contributed by atoms with Gasteiger partial charge in [0.25, 0.3) is 5.69 Å². The van der Waals surface area contributed by atoms with Crippen LogP contribution < -0.4 is 10.1 Å². The van der Waals surface area contributed by atoms with E-state index in [-0.39, 0.29) is 5.69 Å². The van der Waals surface area contributed by atoms with Crippen LogP contribution in [0.25, 0.3) is 0 Å². The van der Waals surface area contributed by atoms with Crippen LogP contribution in [0.2, 0.25) is 5.02 Å². The zero-order chi connectivity index (χ0) is 13.8. The maximum absolute atomic E-state index is 10.9. The Morgan fingerprint density at radius 3 is 2.47 bits per heavy atom. The molecule has 2 aromatic carbocycles. The summed E-state index contributed by atoms with van der Waals surface area (Å²) in [6.45, 7) is 0. The molecule has 0 radical (unpaired) electrons. The largest absolute Gasteiger partial charge is 0.497 e. The standard InChI is InChI=1S/C13H11ClN2O3/c1-19-11-5-3-10(4-6-11)15-12-8-9(14)2-7-13(12)16(17)18/h2-8,15H,1H3. The van der Waals surface area contributed by atoms with Crippen molar-refractivity contribution in [3.63, 3.8) is 0 Å². The van der Waals surface area contributed by atoms with Crippen LogP contribution in [-0.2, 0) is 0 Å². The molecule has 0 spiro atoms. The van der Waals surface area contributed by atoms with Crippen LogP contribution in [0.4, 0.5) is 17.1 Å². The summed E-state index contributed by atoms with van der Waals surface area (Å²) in [4.78, 5) is 10.5. The van der Waals surface area contributed by atoms with Crippen molar-refractivity contribution in [1.82, 2.24) is 0 Å². The van der Waals surface area contributed by atoms with Gasteiger partial charge in [0.15, 0.2) is 0 Å². The number of nitrogens with zero attached hydrogens (tertiary/aromatic N) is 1. The number of benzene rings is 2. The van der Waals surface area contributed by atoms with Crippen LogP contribution in [-0.4, -0.2) is 12.0 Å². The Labute approximate surface area is 114 Å². The third-order valence-corrected chi connectivity index (χ3v) is 2.76. The summed E-state index contributed by atoms with van der Waals surface area (Å²) >= 11 is 5.85. The number of anilines is 2. The summed E-state index contributed by atoms with van der Waals surface area (Å²) in [7, 11) is 1.57. The Bertz CT molecular complexity index is 599. The van der Waals surface area contributed by atoms with Gasteiger partial charge in [0.05, 0.1) is 12.0 Å². The monoisotopic (exact) mass is 278 g/mol. The number of rotatable bonds is 4. The molecule has 0 unspecified atom stereocenters. The predicted octanol–water partition coefficient (Wildman–Crippen LogP) is 4.00. The number of nitrogens with one attached hydrogen (secondary N) is 1. The second-order valence-corrected chi connectivity index (χ2v) is 4.21. The minimum atomic E-state index is -0.456. The van der Waals surface area contributed by atoms with Gasteiger partial charge in [-0.3, -0.25) is 10.1 Å². The summed E-state index contributed by atoms with van der Waals surface area (Å²) in [5.41, 5.74) is 1.04. The van der Waals surface area contributed by atoms with Gasteiger partial charge in [-0.2, -0.15) is 0 Å². The maximum atomic E-state index is 10.9. The van der Waals surface area contributed by atoms with E-state index in [2.05, 4.69) is 5.32 Å². The molecule has 1 N–H and O–H groups in total. The van der Waals surface area contributed by atoms with E-state index in [0.29, 0.717) is 22.1 Å². The molecule has 0 aromatic heterocycles. The van der Waals surface area contributed by atoms with Crippen molar-refractivity contribution in [2.24, 2.45) is 0 Å². The molecule has 19 heavy (non-hydrogen) atoms. The van der Waals surface area contributed by atoms with Crippen molar-refractivity contribution in [3.8, 4) is 5.75 Å². The molecule has 0 aliphatic heterocycles. The first-order valence-electron chi connectivity index (χ1n) is 5.45. The molecule has 0 saturated heterocycles. The Morgan fingerprint density at radius 1 is 1.21 bits per heavy atom. The third-order valence-electron chi connectivity index (χ3n) is 2.52. The molecule has 0 heterocycles. The smallest absolute Gasteiger partial charge is 0.292 e. The maximum Gasteiger partial charge on any atom is 0.292 e. The van der Waals surface area contributed by atoms with E-state index in [9.17, 15) is 10.1 Å². The van der Waals surface area contributed by atoms with Crippen LogP contribution in [0.1, 0.15) is 0 Å². The minimum Gasteiger partial charge on any atom is -0.497 e. The molecule has 2 aromatic rings. The van der Waals surface area contributed by atoms with Crippen LogP contribution >= 0.6 is 11.6 Å². The first-order valence-corrected chi connectivity index (χ1v) is 5.83. The van der Waals surface area contributed by atoms with Gasteiger partial charge < -0.3 is 10.1 Å². The Hall–Kier alpha value is -2.27. The van der Waals surface area contributed by atoms with Crippen molar-refractivity contribution in [1.29, 1.82) is 0 Å². The fraction of sp³-hybridized carbons (Fsp3) is 0.0769. The molecule has 0 amide bonds. The zero-order valence-electron chi connectivity index (χ0n) is 10.1. The highest BCUT2D eigenvalue weighted by atomic mass is 35.5. The molecule has 2 rings (SSSR count). The Kier molecular flexibility index (Phi) is 3.87. The number of methoxy groups -OCH3 is 1. The van der Waals surface area contributed by atoms with E-state index in [1.54, 1.807) is 31.4 Å². The van der Waals surface area contributed by atoms with E-state index in [4.69, 9.17) is 16.3 Å². The normalized spacial score (nSPS) is 10.0. The van der Waals surface area contributed by atoms with E-state index in [1.807, 2.05) is 0 Å². The second kappa shape index (κ2) is 5.58. The predicted molar refractivity (Wildman–Crippen MR) is 74.4 cm³/mol. The van der Waals surface area contributed by atoms with Crippen molar-refractivity contribution >= 4 is 28.7 Å². The summed E-state index contributed by atoms with van der Waals surface area (Å²) in [5, 5.41) is 14.3. The lowest BCUT2D eigenvalue weighted by Gasteiger charge is -2.08.